The number of hydrogen-bond donors (Lipinski definition) is 1. The van der Waals surface area contributed by atoms with Crippen LogP contribution in [0.2, 0.25) is 0 Å². The van der Waals surface area contributed by atoms with Crippen molar-refractivity contribution in [3.05, 3.63) is 5.82 Å². The monoisotopic (exact) mass is 201 g/mol. The first-order valence-corrected chi connectivity index (χ1v) is 5.09. The van der Waals surface area contributed by atoms with Gasteiger partial charge in [0.15, 0.2) is 0 Å². The van der Waals surface area contributed by atoms with Gasteiger partial charge in [0.2, 0.25) is 5.13 Å². The summed E-state index contributed by atoms with van der Waals surface area (Å²) in [5.41, 5.74) is 0. The van der Waals surface area contributed by atoms with E-state index in [-0.39, 0.29) is 0 Å². The van der Waals surface area contributed by atoms with Crippen LogP contribution in [0.15, 0.2) is 0 Å². The van der Waals surface area contributed by atoms with Gasteiger partial charge in [-0.1, -0.05) is 6.92 Å². The highest BCUT2D eigenvalue weighted by molar-refractivity contribution is 7.09. The zero-order valence-electron chi connectivity index (χ0n) is 8.20. The molecule has 1 heterocycles. The molecule has 0 aliphatic heterocycles. The first-order valence-electron chi connectivity index (χ1n) is 4.32. The molecule has 1 atom stereocenters. The Morgan fingerprint density at radius 2 is 2.38 bits per heavy atom. The Labute approximate surface area is 82.5 Å². The summed E-state index contributed by atoms with van der Waals surface area (Å²) < 4.78 is 9.16. The molecule has 4 nitrogen and oxygen atoms in total. The molecule has 0 radical (unpaired) electrons. The predicted octanol–water partition coefficient (Wildman–Crippen LogP) is 1.68. The lowest BCUT2D eigenvalue weighted by Crippen LogP contribution is -2.23. The molecular weight excluding hydrogens is 186 g/mol. The number of aromatic nitrogens is 2. The molecule has 0 saturated heterocycles. The van der Waals surface area contributed by atoms with Crippen molar-refractivity contribution in [1.82, 2.24) is 9.36 Å². The van der Waals surface area contributed by atoms with E-state index in [1.165, 1.54) is 11.5 Å². The Balaban J connectivity index is 2.46. The smallest absolute Gasteiger partial charge is 0.202 e. The van der Waals surface area contributed by atoms with Crippen molar-refractivity contribution in [2.24, 2.45) is 0 Å². The third-order valence-corrected chi connectivity index (χ3v) is 2.45. The van der Waals surface area contributed by atoms with Gasteiger partial charge >= 0.3 is 0 Å². The number of nitrogens with one attached hydrogen (secondary N) is 1. The van der Waals surface area contributed by atoms with Gasteiger partial charge in [0.05, 0.1) is 12.6 Å². The molecule has 1 rings (SSSR count). The number of ether oxygens (including phenoxy) is 1. The van der Waals surface area contributed by atoms with Crippen LogP contribution in [0.25, 0.3) is 0 Å². The lowest BCUT2D eigenvalue weighted by molar-refractivity contribution is 0.184. The summed E-state index contributed by atoms with van der Waals surface area (Å²) in [7, 11) is 1.70. The van der Waals surface area contributed by atoms with E-state index in [0.717, 1.165) is 17.4 Å². The van der Waals surface area contributed by atoms with E-state index >= 15 is 0 Å². The highest BCUT2D eigenvalue weighted by Gasteiger charge is 2.07. The highest BCUT2D eigenvalue weighted by Crippen LogP contribution is 2.12. The van der Waals surface area contributed by atoms with Crippen molar-refractivity contribution in [3.63, 3.8) is 0 Å². The molecule has 0 spiro atoms. The second kappa shape index (κ2) is 5.14. The van der Waals surface area contributed by atoms with Gasteiger partial charge in [-0.3, -0.25) is 0 Å². The molecule has 0 fully saturated rings. The number of methoxy groups -OCH3 is 1. The largest absolute Gasteiger partial charge is 0.383 e. The van der Waals surface area contributed by atoms with E-state index in [2.05, 4.69) is 21.6 Å². The molecule has 13 heavy (non-hydrogen) atoms. The standard InChI is InChI=1S/C8H15N3OS/c1-4-7(5-12-3)10-8-9-6(2)11-13-8/h7H,4-5H2,1-3H3,(H,9,10,11). The normalized spacial score (nSPS) is 12.8. The Bertz CT molecular complexity index is 251. The lowest BCUT2D eigenvalue weighted by Gasteiger charge is -2.13. The molecular formula is C8H15N3OS. The summed E-state index contributed by atoms with van der Waals surface area (Å²) in [5.74, 6) is 0.819. The second-order valence-corrected chi connectivity index (χ2v) is 3.60. The Morgan fingerprint density at radius 1 is 1.62 bits per heavy atom. The van der Waals surface area contributed by atoms with Crippen LogP contribution in [0.5, 0.6) is 0 Å². The number of nitrogens with zero attached hydrogens (tertiary/aromatic N) is 2. The minimum absolute atomic E-state index is 0.331. The first-order chi connectivity index (χ1) is 6.26. The van der Waals surface area contributed by atoms with Gasteiger partial charge in [-0.15, -0.1) is 0 Å². The minimum atomic E-state index is 0.331. The quantitative estimate of drug-likeness (QED) is 0.787. The van der Waals surface area contributed by atoms with E-state index in [0.29, 0.717) is 12.6 Å². The zero-order chi connectivity index (χ0) is 9.68. The fraction of sp³-hybridized carbons (Fsp3) is 0.750. The van der Waals surface area contributed by atoms with E-state index in [4.69, 9.17) is 4.74 Å². The van der Waals surface area contributed by atoms with Crippen molar-refractivity contribution in [1.29, 1.82) is 0 Å². The van der Waals surface area contributed by atoms with Crippen molar-refractivity contribution in [2.45, 2.75) is 26.3 Å². The summed E-state index contributed by atoms with van der Waals surface area (Å²) >= 11 is 1.39. The average Bonchev–Trinajstić information content (AvgIpc) is 2.50. The third-order valence-electron chi connectivity index (χ3n) is 1.72. The van der Waals surface area contributed by atoms with Crippen molar-refractivity contribution in [3.8, 4) is 0 Å². The third kappa shape index (κ3) is 3.28. The van der Waals surface area contributed by atoms with Crippen LogP contribution in [-0.2, 0) is 4.74 Å². The molecule has 1 aromatic rings. The van der Waals surface area contributed by atoms with Gasteiger partial charge in [0, 0.05) is 18.6 Å². The molecule has 74 valence electrons. The van der Waals surface area contributed by atoms with Crippen molar-refractivity contribution >= 4 is 16.7 Å². The number of rotatable bonds is 5. The van der Waals surface area contributed by atoms with E-state index in [1.807, 2.05) is 6.92 Å². The molecule has 1 unspecified atom stereocenters. The predicted molar refractivity (Wildman–Crippen MR) is 54.2 cm³/mol. The van der Waals surface area contributed by atoms with Crippen LogP contribution in [0, 0.1) is 6.92 Å². The van der Waals surface area contributed by atoms with Crippen LogP contribution < -0.4 is 5.32 Å². The Morgan fingerprint density at radius 3 is 2.85 bits per heavy atom. The molecule has 0 bridgehead atoms. The lowest BCUT2D eigenvalue weighted by atomic mass is 10.2. The second-order valence-electron chi connectivity index (χ2n) is 2.85. The summed E-state index contributed by atoms with van der Waals surface area (Å²) in [6.45, 7) is 4.71. The molecule has 0 aliphatic carbocycles. The topological polar surface area (TPSA) is 47.0 Å². The fourth-order valence-corrected chi connectivity index (χ4v) is 1.64. The Kier molecular flexibility index (Phi) is 4.11. The summed E-state index contributed by atoms with van der Waals surface area (Å²) in [5, 5.41) is 4.15. The number of anilines is 1. The van der Waals surface area contributed by atoms with Crippen LogP contribution in [0.4, 0.5) is 5.13 Å². The van der Waals surface area contributed by atoms with Crippen LogP contribution in [0.3, 0.4) is 0 Å². The van der Waals surface area contributed by atoms with Crippen LogP contribution in [-0.4, -0.2) is 29.1 Å². The maximum atomic E-state index is 5.07. The van der Waals surface area contributed by atoms with Gasteiger partial charge in [-0.2, -0.15) is 4.37 Å². The minimum Gasteiger partial charge on any atom is -0.383 e. The van der Waals surface area contributed by atoms with E-state index < -0.39 is 0 Å². The van der Waals surface area contributed by atoms with Crippen LogP contribution >= 0.6 is 11.5 Å². The van der Waals surface area contributed by atoms with Crippen molar-refractivity contribution in [2.75, 3.05) is 19.0 Å². The Hall–Kier alpha value is -0.680. The van der Waals surface area contributed by atoms with Gasteiger partial charge < -0.3 is 10.1 Å². The molecule has 0 amide bonds. The summed E-state index contributed by atoms with van der Waals surface area (Å²) in [6.07, 6.45) is 1.02. The van der Waals surface area contributed by atoms with Gasteiger partial charge in [-0.25, -0.2) is 4.98 Å². The van der Waals surface area contributed by atoms with E-state index in [1.54, 1.807) is 7.11 Å². The molecule has 1 aromatic heterocycles. The van der Waals surface area contributed by atoms with Crippen molar-refractivity contribution < 1.29 is 4.74 Å². The molecule has 0 aliphatic rings. The van der Waals surface area contributed by atoms with Crippen LogP contribution in [0.1, 0.15) is 19.2 Å². The summed E-state index contributed by atoms with van der Waals surface area (Å²) in [6, 6.07) is 0.331. The summed E-state index contributed by atoms with van der Waals surface area (Å²) in [4.78, 5) is 4.22. The highest BCUT2D eigenvalue weighted by atomic mass is 32.1. The van der Waals surface area contributed by atoms with Gasteiger partial charge in [0.1, 0.15) is 5.82 Å². The molecule has 0 saturated carbocycles. The van der Waals surface area contributed by atoms with Gasteiger partial charge in [-0.05, 0) is 13.3 Å². The molecule has 1 N–H and O–H groups in total. The number of aryl methyl sites for hydroxylation is 1. The fourth-order valence-electron chi connectivity index (χ4n) is 0.993. The average molecular weight is 201 g/mol. The number of hydrogen-bond acceptors (Lipinski definition) is 5. The zero-order valence-corrected chi connectivity index (χ0v) is 9.02. The maximum Gasteiger partial charge on any atom is 0.202 e. The first kappa shape index (κ1) is 10.4. The maximum absolute atomic E-state index is 5.07. The molecule has 5 heteroatoms. The van der Waals surface area contributed by atoms with Gasteiger partial charge in [0.25, 0.3) is 0 Å². The SMILES string of the molecule is CCC(COC)Nc1nc(C)ns1. The van der Waals surface area contributed by atoms with E-state index in [9.17, 15) is 0 Å². The molecule has 0 aromatic carbocycles.